The summed E-state index contributed by atoms with van der Waals surface area (Å²) in [6.45, 7) is 8.88. The first-order chi connectivity index (χ1) is 8.13. The van der Waals surface area contributed by atoms with E-state index >= 15 is 0 Å². The van der Waals surface area contributed by atoms with Gasteiger partial charge in [0.05, 0.1) is 11.2 Å². The molecule has 1 unspecified atom stereocenters. The van der Waals surface area contributed by atoms with Gasteiger partial charge in [-0.05, 0) is 33.2 Å². The molecule has 1 aromatic rings. The Labute approximate surface area is 110 Å². The minimum atomic E-state index is 0.0961. The van der Waals surface area contributed by atoms with E-state index in [1.165, 1.54) is 34.8 Å². The van der Waals surface area contributed by atoms with Gasteiger partial charge in [-0.15, -0.1) is 11.3 Å². The molecule has 0 aliphatic heterocycles. The van der Waals surface area contributed by atoms with E-state index in [1.54, 1.807) is 0 Å². The van der Waals surface area contributed by atoms with E-state index < -0.39 is 0 Å². The molecule has 0 saturated carbocycles. The van der Waals surface area contributed by atoms with E-state index in [0.29, 0.717) is 0 Å². The van der Waals surface area contributed by atoms with Crippen LogP contribution in [0.2, 0.25) is 0 Å². The van der Waals surface area contributed by atoms with Crippen LogP contribution in [0.15, 0.2) is 0 Å². The number of unbranched alkanes of at least 4 members (excludes halogenated alkanes) is 1. The van der Waals surface area contributed by atoms with Crippen molar-refractivity contribution in [3.8, 4) is 0 Å². The minimum absolute atomic E-state index is 0.0961. The lowest BCUT2D eigenvalue weighted by molar-refractivity contribution is 0.310. The molecule has 3 heteroatoms. The van der Waals surface area contributed by atoms with Crippen molar-refractivity contribution in [1.82, 2.24) is 10.3 Å². The van der Waals surface area contributed by atoms with Gasteiger partial charge in [-0.2, -0.15) is 0 Å². The Morgan fingerprint density at radius 2 is 2.00 bits per heavy atom. The van der Waals surface area contributed by atoms with Crippen molar-refractivity contribution in [2.45, 2.75) is 65.3 Å². The molecule has 98 valence electrons. The van der Waals surface area contributed by atoms with Gasteiger partial charge in [0, 0.05) is 4.88 Å². The van der Waals surface area contributed by atoms with E-state index in [9.17, 15) is 0 Å². The summed E-state index contributed by atoms with van der Waals surface area (Å²) < 4.78 is 0. The number of nitrogens with zero attached hydrogens (tertiary/aromatic N) is 1. The first kappa shape index (κ1) is 14.7. The van der Waals surface area contributed by atoms with Crippen LogP contribution < -0.4 is 5.32 Å². The lowest BCUT2D eigenvalue weighted by atomic mass is 9.90. The van der Waals surface area contributed by atoms with E-state index in [-0.39, 0.29) is 5.54 Å². The maximum absolute atomic E-state index is 4.85. The third-order valence-corrected chi connectivity index (χ3v) is 4.89. The summed E-state index contributed by atoms with van der Waals surface area (Å²) in [5.74, 6) is 0. The maximum atomic E-state index is 4.85. The smallest absolute Gasteiger partial charge is 0.113 e. The van der Waals surface area contributed by atoms with Gasteiger partial charge in [0.2, 0.25) is 0 Å². The molecule has 1 N–H and O–H groups in total. The van der Waals surface area contributed by atoms with Crippen molar-refractivity contribution in [2.75, 3.05) is 7.05 Å². The molecule has 2 nitrogen and oxygen atoms in total. The number of rotatable bonds is 7. The standard InChI is InChI=1S/C14H26N2S/c1-6-9-10-14(8-3,15-5)13-16-12(7-2)11(4)17-13/h15H,6-10H2,1-5H3. The molecule has 1 heterocycles. The Morgan fingerprint density at radius 1 is 1.29 bits per heavy atom. The second kappa shape index (κ2) is 6.50. The third-order valence-electron chi connectivity index (χ3n) is 3.68. The summed E-state index contributed by atoms with van der Waals surface area (Å²) in [5.41, 5.74) is 1.37. The van der Waals surface area contributed by atoms with Crippen molar-refractivity contribution in [2.24, 2.45) is 0 Å². The van der Waals surface area contributed by atoms with Gasteiger partial charge < -0.3 is 5.32 Å². The number of thiazole rings is 1. The molecular formula is C14H26N2S. The highest BCUT2D eigenvalue weighted by atomic mass is 32.1. The summed E-state index contributed by atoms with van der Waals surface area (Å²) in [7, 11) is 2.07. The molecule has 0 aliphatic carbocycles. The minimum Gasteiger partial charge on any atom is -0.308 e. The van der Waals surface area contributed by atoms with Gasteiger partial charge >= 0.3 is 0 Å². The Kier molecular flexibility index (Phi) is 5.60. The first-order valence-electron chi connectivity index (χ1n) is 6.79. The first-order valence-corrected chi connectivity index (χ1v) is 7.60. The van der Waals surface area contributed by atoms with Gasteiger partial charge in [-0.1, -0.05) is 33.6 Å². The SMILES string of the molecule is CCCCC(CC)(NC)c1nc(CC)c(C)s1. The van der Waals surface area contributed by atoms with Gasteiger partial charge in [0.1, 0.15) is 5.01 Å². The van der Waals surface area contributed by atoms with Gasteiger partial charge in [-0.25, -0.2) is 4.98 Å². The molecular weight excluding hydrogens is 228 g/mol. The van der Waals surface area contributed by atoms with E-state index in [2.05, 4.69) is 40.1 Å². The zero-order valence-corrected chi connectivity index (χ0v) is 12.7. The van der Waals surface area contributed by atoms with Gasteiger partial charge in [0.25, 0.3) is 0 Å². The molecule has 0 saturated heterocycles. The quantitative estimate of drug-likeness (QED) is 0.794. The average molecular weight is 254 g/mol. The van der Waals surface area contributed by atoms with Crippen LogP contribution in [0.5, 0.6) is 0 Å². The number of hydrogen-bond donors (Lipinski definition) is 1. The number of hydrogen-bond acceptors (Lipinski definition) is 3. The fraction of sp³-hybridized carbons (Fsp3) is 0.786. The monoisotopic (exact) mass is 254 g/mol. The normalized spacial score (nSPS) is 14.9. The highest BCUT2D eigenvalue weighted by molar-refractivity contribution is 7.11. The lowest BCUT2D eigenvalue weighted by Crippen LogP contribution is -2.39. The van der Waals surface area contributed by atoms with Crippen molar-refractivity contribution in [1.29, 1.82) is 0 Å². The largest absolute Gasteiger partial charge is 0.308 e. The Hall–Kier alpha value is -0.410. The van der Waals surface area contributed by atoms with Crippen LogP contribution >= 0.6 is 11.3 Å². The van der Waals surface area contributed by atoms with Crippen LogP contribution in [0, 0.1) is 6.92 Å². The summed E-state index contributed by atoms with van der Waals surface area (Å²) in [4.78, 5) is 6.23. The van der Waals surface area contributed by atoms with Crippen molar-refractivity contribution >= 4 is 11.3 Å². The highest BCUT2D eigenvalue weighted by Gasteiger charge is 2.31. The highest BCUT2D eigenvalue weighted by Crippen LogP contribution is 2.34. The second-order valence-electron chi connectivity index (χ2n) is 4.66. The van der Waals surface area contributed by atoms with Gasteiger partial charge in [-0.3, -0.25) is 0 Å². The zero-order valence-electron chi connectivity index (χ0n) is 11.9. The molecule has 17 heavy (non-hydrogen) atoms. The molecule has 0 radical (unpaired) electrons. The molecule has 1 atom stereocenters. The molecule has 0 aromatic carbocycles. The number of aryl methyl sites for hydroxylation is 2. The summed E-state index contributed by atoms with van der Waals surface area (Å²) in [6.07, 6.45) is 5.84. The fourth-order valence-electron chi connectivity index (χ4n) is 2.28. The Balaban J connectivity index is 3.03. The summed E-state index contributed by atoms with van der Waals surface area (Å²) in [5, 5.41) is 4.81. The lowest BCUT2D eigenvalue weighted by Gasteiger charge is -2.30. The predicted molar refractivity (Wildman–Crippen MR) is 76.8 cm³/mol. The van der Waals surface area contributed by atoms with E-state index in [4.69, 9.17) is 4.98 Å². The van der Waals surface area contributed by atoms with Crippen molar-refractivity contribution < 1.29 is 0 Å². The van der Waals surface area contributed by atoms with E-state index in [0.717, 1.165) is 12.8 Å². The molecule has 1 rings (SSSR count). The Bertz CT molecular complexity index is 340. The number of aromatic nitrogens is 1. The van der Waals surface area contributed by atoms with Crippen LogP contribution in [-0.4, -0.2) is 12.0 Å². The van der Waals surface area contributed by atoms with Crippen LogP contribution in [-0.2, 0) is 12.0 Å². The number of nitrogens with one attached hydrogen (secondary N) is 1. The summed E-state index contributed by atoms with van der Waals surface area (Å²) >= 11 is 1.87. The molecule has 0 fully saturated rings. The van der Waals surface area contributed by atoms with Crippen LogP contribution in [0.4, 0.5) is 0 Å². The Morgan fingerprint density at radius 3 is 2.41 bits per heavy atom. The third kappa shape index (κ3) is 3.08. The molecule has 0 aliphatic rings. The van der Waals surface area contributed by atoms with Gasteiger partial charge in [0.15, 0.2) is 0 Å². The van der Waals surface area contributed by atoms with E-state index in [1.807, 2.05) is 11.3 Å². The van der Waals surface area contributed by atoms with Crippen LogP contribution in [0.3, 0.4) is 0 Å². The molecule has 1 aromatic heterocycles. The predicted octanol–water partition coefficient (Wildman–Crippen LogP) is 4.03. The average Bonchev–Trinajstić information content (AvgIpc) is 2.73. The molecule has 0 spiro atoms. The second-order valence-corrected chi connectivity index (χ2v) is 5.87. The van der Waals surface area contributed by atoms with Crippen molar-refractivity contribution in [3.63, 3.8) is 0 Å². The fourth-order valence-corrected chi connectivity index (χ4v) is 3.58. The summed E-state index contributed by atoms with van der Waals surface area (Å²) in [6, 6.07) is 0. The topological polar surface area (TPSA) is 24.9 Å². The van der Waals surface area contributed by atoms with Crippen LogP contribution in [0.1, 0.15) is 62.0 Å². The molecule has 0 bridgehead atoms. The zero-order chi connectivity index (χ0) is 12.9. The maximum Gasteiger partial charge on any atom is 0.113 e. The molecule has 0 amide bonds. The van der Waals surface area contributed by atoms with Crippen LogP contribution in [0.25, 0.3) is 0 Å². The van der Waals surface area contributed by atoms with Crippen molar-refractivity contribution in [3.05, 3.63) is 15.6 Å².